The van der Waals surface area contributed by atoms with Gasteiger partial charge in [0.15, 0.2) is 11.0 Å². The van der Waals surface area contributed by atoms with Gasteiger partial charge in [-0.1, -0.05) is 59.8 Å². The van der Waals surface area contributed by atoms with Crippen molar-refractivity contribution in [2.45, 2.75) is 5.16 Å². The number of methoxy groups -OCH3 is 1. The van der Waals surface area contributed by atoms with Crippen LogP contribution < -0.4 is 10.2 Å². The summed E-state index contributed by atoms with van der Waals surface area (Å²) in [5, 5.41) is 13.2. The van der Waals surface area contributed by atoms with Crippen molar-refractivity contribution < 1.29 is 13.9 Å². The van der Waals surface area contributed by atoms with Crippen LogP contribution in [0.25, 0.3) is 17.1 Å². The molecule has 4 rings (SSSR count). The van der Waals surface area contributed by atoms with Crippen LogP contribution in [0.15, 0.2) is 83.1 Å². The van der Waals surface area contributed by atoms with E-state index in [0.717, 1.165) is 17.0 Å². The molecule has 1 heterocycles. The summed E-state index contributed by atoms with van der Waals surface area (Å²) < 4.78 is 20.9. The molecular weight excluding hydrogens is 477 g/mol. The average Bonchev–Trinajstić information content (AvgIpc) is 3.29. The molecule has 10 heteroatoms. The zero-order chi connectivity index (χ0) is 23.9. The van der Waals surface area contributed by atoms with Crippen LogP contribution in [0.2, 0.25) is 5.02 Å². The molecule has 0 atom stereocenters. The van der Waals surface area contributed by atoms with Crippen LogP contribution in [0.1, 0.15) is 5.56 Å². The largest absolute Gasteiger partial charge is 0.497 e. The molecule has 0 aliphatic heterocycles. The Labute approximate surface area is 204 Å². The van der Waals surface area contributed by atoms with E-state index in [2.05, 4.69) is 20.7 Å². The normalized spacial score (nSPS) is 11.0. The minimum atomic E-state index is -0.527. The molecule has 4 aromatic rings. The van der Waals surface area contributed by atoms with Gasteiger partial charge in [-0.25, -0.2) is 9.82 Å². The molecule has 0 saturated carbocycles. The number of thioether (sulfide) groups is 1. The first kappa shape index (κ1) is 23.5. The fraction of sp³-hybridized carbons (Fsp3) is 0.0833. The quantitative estimate of drug-likeness (QED) is 0.212. The summed E-state index contributed by atoms with van der Waals surface area (Å²) in [6.07, 6.45) is 1.17. The summed E-state index contributed by atoms with van der Waals surface area (Å²) >= 11 is 7.16. The number of halogens is 2. The third kappa shape index (κ3) is 5.44. The van der Waals surface area contributed by atoms with Crippen LogP contribution >= 0.6 is 23.4 Å². The number of rotatable bonds is 8. The SMILES string of the molecule is COc1ccc(-n2c(SCC(=O)NN=Cc3c(F)cccc3Cl)nnc2-c2ccccc2)cc1. The Morgan fingerprint density at radius 3 is 2.59 bits per heavy atom. The lowest BCUT2D eigenvalue weighted by molar-refractivity contribution is -0.118. The Morgan fingerprint density at radius 1 is 1.12 bits per heavy atom. The standard InChI is InChI=1S/C24H19ClFN5O2S/c1-33-18-12-10-17(11-13-18)31-23(16-6-3-2-4-7-16)29-30-24(31)34-15-22(32)28-27-14-19-20(25)8-5-9-21(19)26/h2-14H,15H2,1H3,(H,28,32). The minimum absolute atomic E-state index is 0.0193. The molecule has 172 valence electrons. The van der Waals surface area contributed by atoms with Crippen molar-refractivity contribution in [1.29, 1.82) is 0 Å². The summed E-state index contributed by atoms with van der Waals surface area (Å²) in [7, 11) is 1.60. The van der Waals surface area contributed by atoms with Gasteiger partial charge >= 0.3 is 0 Å². The molecule has 1 aromatic heterocycles. The Kier molecular flexibility index (Phi) is 7.56. The topological polar surface area (TPSA) is 81.4 Å². The smallest absolute Gasteiger partial charge is 0.250 e. The number of hydrogen-bond donors (Lipinski definition) is 1. The number of ether oxygens (including phenoxy) is 1. The molecule has 34 heavy (non-hydrogen) atoms. The van der Waals surface area contributed by atoms with E-state index < -0.39 is 5.82 Å². The molecule has 0 aliphatic carbocycles. The third-order valence-electron chi connectivity index (χ3n) is 4.71. The molecule has 7 nitrogen and oxygen atoms in total. The van der Waals surface area contributed by atoms with Crippen LogP contribution in [0.5, 0.6) is 5.75 Å². The van der Waals surface area contributed by atoms with E-state index in [1.54, 1.807) is 13.2 Å². The maximum atomic E-state index is 13.8. The number of nitrogens with one attached hydrogen (secondary N) is 1. The minimum Gasteiger partial charge on any atom is -0.497 e. The number of amides is 1. The lowest BCUT2D eigenvalue weighted by Crippen LogP contribution is -2.20. The number of carbonyl (C=O) groups is 1. The van der Waals surface area contributed by atoms with Crippen molar-refractivity contribution in [3.8, 4) is 22.8 Å². The van der Waals surface area contributed by atoms with Crippen LogP contribution in [-0.2, 0) is 4.79 Å². The van der Waals surface area contributed by atoms with Crippen molar-refractivity contribution in [3.63, 3.8) is 0 Å². The highest BCUT2D eigenvalue weighted by Gasteiger charge is 2.17. The van der Waals surface area contributed by atoms with E-state index >= 15 is 0 Å². The maximum absolute atomic E-state index is 13.8. The van der Waals surface area contributed by atoms with Crippen molar-refractivity contribution in [3.05, 3.63) is 89.2 Å². The van der Waals surface area contributed by atoms with Gasteiger partial charge in [0.25, 0.3) is 5.91 Å². The fourth-order valence-corrected chi connectivity index (χ4v) is 4.02. The molecule has 0 spiro atoms. The molecule has 0 bridgehead atoms. The van der Waals surface area contributed by atoms with Gasteiger partial charge in [-0.15, -0.1) is 10.2 Å². The van der Waals surface area contributed by atoms with E-state index in [4.69, 9.17) is 16.3 Å². The third-order valence-corrected chi connectivity index (χ3v) is 5.97. The van der Waals surface area contributed by atoms with Gasteiger partial charge in [0.1, 0.15) is 11.6 Å². The van der Waals surface area contributed by atoms with Gasteiger partial charge in [0, 0.05) is 16.8 Å². The first-order valence-electron chi connectivity index (χ1n) is 10.1. The highest BCUT2D eigenvalue weighted by molar-refractivity contribution is 7.99. The Balaban J connectivity index is 1.52. The molecule has 3 aromatic carbocycles. The predicted octanol–water partition coefficient (Wildman–Crippen LogP) is 4.98. The van der Waals surface area contributed by atoms with E-state index in [-0.39, 0.29) is 22.2 Å². The number of nitrogens with zero attached hydrogens (tertiary/aromatic N) is 4. The van der Waals surface area contributed by atoms with Gasteiger partial charge in [-0.05, 0) is 36.4 Å². The summed E-state index contributed by atoms with van der Waals surface area (Å²) in [4.78, 5) is 12.3. The fourth-order valence-electron chi connectivity index (χ4n) is 3.07. The highest BCUT2D eigenvalue weighted by Crippen LogP contribution is 2.28. The average molecular weight is 496 g/mol. The summed E-state index contributed by atoms with van der Waals surface area (Å²) in [5.74, 6) is 0.464. The second-order valence-electron chi connectivity index (χ2n) is 6.92. The second kappa shape index (κ2) is 11.0. The first-order valence-corrected chi connectivity index (χ1v) is 11.5. The summed E-state index contributed by atoms with van der Waals surface area (Å²) in [5.41, 5.74) is 4.18. The van der Waals surface area contributed by atoms with E-state index in [0.29, 0.717) is 11.0 Å². The second-order valence-corrected chi connectivity index (χ2v) is 8.27. The molecule has 0 fully saturated rings. The summed E-state index contributed by atoms with van der Waals surface area (Å²) in [6.45, 7) is 0. The molecule has 0 unspecified atom stereocenters. The Bertz CT molecular complexity index is 1290. The Hall–Kier alpha value is -3.69. The van der Waals surface area contributed by atoms with Crippen LogP contribution in [0.3, 0.4) is 0 Å². The number of aromatic nitrogens is 3. The molecule has 1 N–H and O–H groups in total. The van der Waals surface area contributed by atoms with Gasteiger partial charge < -0.3 is 4.74 Å². The zero-order valence-corrected chi connectivity index (χ0v) is 19.6. The molecule has 0 radical (unpaired) electrons. The molecule has 0 saturated heterocycles. The van der Waals surface area contributed by atoms with Crippen molar-refractivity contribution in [1.82, 2.24) is 20.2 Å². The van der Waals surface area contributed by atoms with Crippen molar-refractivity contribution in [2.75, 3.05) is 12.9 Å². The Morgan fingerprint density at radius 2 is 1.88 bits per heavy atom. The lowest BCUT2D eigenvalue weighted by Gasteiger charge is -2.11. The van der Waals surface area contributed by atoms with Crippen molar-refractivity contribution in [2.24, 2.45) is 5.10 Å². The van der Waals surface area contributed by atoms with E-state index in [1.807, 2.05) is 59.2 Å². The van der Waals surface area contributed by atoms with Gasteiger partial charge in [-0.3, -0.25) is 9.36 Å². The highest BCUT2D eigenvalue weighted by atomic mass is 35.5. The van der Waals surface area contributed by atoms with E-state index in [1.165, 1.54) is 30.1 Å². The maximum Gasteiger partial charge on any atom is 0.250 e. The monoisotopic (exact) mass is 495 g/mol. The zero-order valence-electron chi connectivity index (χ0n) is 18.0. The van der Waals surface area contributed by atoms with Crippen molar-refractivity contribution >= 4 is 35.5 Å². The van der Waals surface area contributed by atoms with E-state index in [9.17, 15) is 9.18 Å². The number of hydrogen-bond acceptors (Lipinski definition) is 6. The summed E-state index contributed by atoms with van der Waals surface area (Å²) in [6, 6.07) is 21.4. The van der Waals surface area contributed by atoms with Crippen LogP contribution in [0.4, 0.5) is 4.39 Å². The molecular formula is C24H19ClFN5O2S. The van der Waals surface area contributed by atoms with Gasteiger partial charge in [-0.2, -0.15) is 5.10 Å². The first-order chi connectivity index (χ1) is 16.6. The van der Waals surface area contributed by atoms with Gasteiger partial charge in [0.2, 0.25) is 0 Å². The van der Waals surface area contributed by atoms with Crippen LogP contribution in [-0.4, -0.2) is 39.7 Å². The number of carbonyl (C=O) groups excluding carboxylic acids is 1. The number of hydrazone groups is 1. The predicted molar refractivity (Wildman–Crippen MR) is 131 cm³/mol. The molecule has 0 aliphatic rings. The molecule has 1 amide bonds. The lowest BCUT2D eigenvalue weighted by atomic mass is 10.2. The van der Waals surface area contributed by atoms with Gasteiger partial charge in [0.05, 0.1) is 24.1 Å². The van der Waals surface area contributed by atoms with Crippen LogP contribution in [0, 0.1) is 5.82 Å². The number of benzene rings is 3.